The maximum absolute atomic E-state index is 11.8. The molecule has 0 spiro atoms. The molecule has 0 aliphatic carbocycles. The molecule has 0 atom stereocenters. The molecule has 10 heteroatoms. The average molecular weight is 321 g/mol. The van der Waals surface area contributed by atoms with Gasteiger partial charge in [-0.3, -0.25) is 10.1 Å². The Morgan fingerprint density at radius 2 is 1.96 bits per heavy atom. The molecule has 0 saturated heterocycles. The van der Waals surface area contributed by atoms with Gasteiger partial charge in [-0.25, -0.2) is 19.1 Å². The molecule has 0 aliphatic heterocycles. The average Bonchev–Trinajstić information content (AvgIpc) is 2.89. The van der Waals surface area contributed by atoms with Crippen LogP contribution in [0, 0.1) is 13.8 Å². The molecule has 1 N–H and O–H groups in total. The molecular weight excluding hydrogens is 306 g/mol. The van der Waals surface area contributed by atoms with Crippen LogP contribution < -0.4 is 5.32 Å². The van der Waals surface area contributed by atoms with Gasteiger partial charge in [-0.15, -0.1) is 5.10 Å². The van der Waals surface area contributed by atoms with E-state index in [1.54, 1.807) is 26.8 Å². The highest BCUT2D eigenvalue weighted by atomic mass is 16.6. The van der Waals surface area contributed by atoms with E-state index < -0.39 is 24.6 Å². The number of fused-ring (bicyclic) bond motifs is 1. The lowest BCUT2D eigenvalue weighted by Crippen LogP contribution is -2.34. The van der Waals surface area contributed by atoms with Crippen LogP contribution in [0.15, 0.2) is 6.07 Å². The van der Waals surface area contributed by atoms with Crippen molar-refractivity contribution in [1.29, 1.82) is 0 Å². The van der Waals surface area contributed by atoms with Gasteiger partial charge in [-0.1, -0.05) is 0 Å². The van der Waals surface area contributed by atoms with Crippen LogP contribution in [0.2, 0.25) is 0 Å². The molecule has 2 aromatic rings. The highest BCUT2D eigenvalue weighted by Crippen LogP contribution is 2.06. The minimum Gasteiger partial charge on any atom is -0.450 e. The van der Waals surface area contributed by atoms with Gasteiger partial charge in [0.2, 0.25) is 0 Å². The van der Waals surface area contributed by atoms with Crippen molar-refractivity contribution in [3.63, 3.8) is 0 Å². The number of imide groups is 1. The van der Waals surface area contributed by atoms with Crippen LogP contribution in [0.5, 0.6) is 0 Å². The Kier molecular flexibility index (Phi) is 4.84. The first kappa shape index (κ1) is 16.3. The predicted octanol–water partition coefficient (Wildman–Crippen LogP) is 0.171. The first-order valence-corrected chi connectivity index (χ1v) is 6.75. The maximum atomic E-state index is 11.8. The molecular formula is C13H15N5O5. The van der Waals surface area contributed by atoms with Crippen LogP contribution in [0.3, 0.4) is 0 Å². The van der Waals surface area contributed by atoms with Crippen LogP contribution in [0.4, 0.5) is 4.79 Å². The Hall–Kier alpha value is -3.04. The predicted molar refractivity (Wildman–Crippen MR) is 75.7 cm³/mol. The van der Waals surface area contributed by atoms with E-state index in [1.807, 2.05) is 5.32 Å². The molecule has 2 heterocycles. The molecule has 122 valence electrons. The summed E-state index contributed by atoms with van der Waals surface area (Å²) in [4.78, 5) is 42.3. The highest BCUT2D eigenvalue weighted by molar-refractivity contribution is 5.94. The van der Waals surface area contributed by atoms with Gasteiger partial charge in [-0.2, -0.15) is 4.98 Å². The van der Waals surface area contributed by atoms with E-state index in [4.69, 9.17) is 4.74 Å². The van der Waals surface area contributed by atoms with Crippen molar-refractivity contribution < 1.29 is 23.9 Å². The van der Waals surface area contributed by atoms with E-state index in [0.29, 0.717) is 0 Å². The number of aromatic nitrogens is 4. The summed E-state index contributed by atoms with van der Waals surface area (Å²) in [6, 6.07) is 1.78. The van der Waals surface area contributed by atoms with Gasteiger partial charge in [0.25, 0.3) is 17.5 Å². The molecule has 10 nitrogen and oxygen atoms in total. The zero-order valence-corrected chi connectivity index (χ0v) is 12.8. The fourth-order valence-electron chi connectivity index (χ4n) is 1.77. The van der Waals surface area contributed by atoms with Crippen molar-refractivity contribution in [3.8, 4) is 0 Å². The summed E-state index contributed by atoms with van der Waals surface area (Å²) >= 11 is 0. The summed E-state index contributed by atoms with van der Waals surface area (Å²) in [6.45, 7) is 4.64. The molecule has 0 radical (unpaired) electrons. The number of hydrogen-bond acceptors (Lipinski definition) is 8. The largest absolute Gasteiger partial charge is 0.450 e. The van der Waals surface area contributed by atoms with Crippen LogP contribution >= 0.6 is 0 Å². The van der Waals surface area contributed by atoms with Crippen LogP contribution in [0.1, 0.15) is 28.9 Å². The summed E-state index contributed by atoms with van der Waals surface area (Å²) < 4.78 is 10.7. The van der Waals surface area contributed by atoms with Crippen LogP contribution in [-0.4, -0.2) is 50.8 Å². The molecule has 23 heavy (non-hydrogen) atoms. The lowest BCUT2D eigenvalue weighted by Gasteiger charge is -2.04. The minimum atomic E-state index is -0.908. The topological polar surface area (TPSA) is 125 Å². The van der Waals surface area contributed by atoms with Crippen molar-refractivity contribution in [2.75, 3.05) is 13.2 Å². The molecule has 0 aliphatic rings. The van der Waals surface area contributed by atoms with Crippen molar-refractivity contribution >= 4 is 23.7 Å². The van der Waals surface area contributed by atoms with Gasteiger partial charge in [0, 0.05) is 11.4 Å². The third-order valence-electron chi connectivity index (χ3n) is 2.65. The fourth-order valence-corrected chi connectivity index (χ4v) is 1.77. The SMILES string of the molecule is CCOC(=O)NC(=O)COC(=O)c1nc2nc(C)cc(C)n2n1. The summed E-state index contributed by atoms with van der Waals surface area (Å²) in [6.07, 6.45) is -0.908. The standard InChI is InChI=1S/C13H15N5O5/c1-4-22-13(21)15-9(19)6-23-11(20)10-16-12-14-7(2)5-8(3)18(12)17-10/h5H,4,6H2,1-3H3,(H,15,19,21). The molecule has 0 bridgehead atoms. The quantitative estimate of drug-likeness (QED) is 0.790. The highest BCUT2D eigenvalue weighted by Gasteiger charge is 2.18. The first-order chi connectivity index (χ1) is 10.9. The monoisotopic (exact) mass is 321 g/mol. The van der Waals surface area contributed by atoms with Gasteiger partial charge in [0.05, 0.1) is 6.61 Å². The number of nitrogens with zero attached hydrogens (tertiary/aromatic N) is 4. The number of ether oxygens (including phenoxy) is 2. The van der Waals surface area contributed by atoms with Crippen molar-refractivity contribution in [1.82, 2.24) is 24.9 Å². The molecule has 2 amide bonds. The Balaban J connectivity index is 2.00. The normalized spacial score (nSPS) is 10.4. The smallest absolute Gasteiger partial charge is 0.413 e. The van der Waals surface area contributed by atoms with E-state index in [9.17, 15) is 14.4 Å². The Bertz CT molecular complexity index is 769. The number of rotatable bonds is 4. The fraction of sp³-hybridized carbons (Fsp3) is 0.385. The molecule has 2 rings (SSSR count). The number of esters is 1. The van der Waals surface area contributed by atoms with Crippen molar-refractivity contribution in [2.24, 2.45) is 0 Å². The number of alkyl carbamates (subject to hydrolysis) is 1. The summed E-state index contributed by atoms with van der Waals surface area (Å²) in [7, 11) is 0. The summed E-state index contributed by atoms with van der Waals surface area (Å²) in [5.74, 6) is -1.68. The second-order valence-corrected chi connectivity index (χ2v) is 4.53. The summed E-state index contributed by atoms with van der Waals surface area (Å²) in [5.41, 5.74) is 1.48. The number of hydrogen-bond donors (Lipinski definition) is 1. The number of carbonyl (C=O) groups is 3. The summed E-state index contributed by atoms with van der Waals surface area (Å²) in [5, 5.41) is 5.86. The van der Waals surface area contributed by atoms with Gasteiger partial charge >= 0.3 is 12.1 Å². The van der Waals surface area contributed by atoms with Gasteiger partial charge in [0.15, 0.2) is 6.61 Å². The Morgan fingerprint density at radius 1 is 1.22 bits per heavy atom. The van der Waals surface area contributed by atoms with Gasteiger partial charge in [-0.05, 0) is 26.8 Å². The number of aryl methyl sites for hydroxylation is 2. The molecule has 0 saturated carbocycles. The number of nitrogens with one attached hydrogen (secondary N) is 1. The third-order valence-corrected chi connectivity index (χ3v) is 2.65. The third kappa shape index (κ3) is 3.99. The lowest BCUT2D eigenvalue weighted by molar-refractivity contribution is -0.123. The van der Waals surface area contributed by atoms with Gasteiger partial charge in [0.1, 0.15) is 0 Å². The molecule has 0 fully saturated rings. The van der Waals surface area contributed by atoms with E-state index >= 15 is 0 Å². The van der Waals surface area contributed by atoms with E-state index in [-0.39, 0.29) is 18.2 Å². The minimum absolute atomic E-state index is 0.121. The van der Waals surface area contributed by atoms with E-state index in [0.717, 1.165) is 11.4 Å². The zero-order valence-electron chi connectivity index (χ0n) is 12.8. The van der Waals surface area contributed by atoms with Crippen LogP contribution in [-0.2, 0) is 14.3 Å². The molecule has 0 aromatic carbocycles. The Labute approximate surface area is 130 Å². The van der Waals surface area contributed by atoms with Crippen molar-refractivity contribution in [3.05, 3.63) is 23.3 Å². The maximum Gasteiger partial charge on any atom is 0.413 e. The molecule has 2 aromatic heterocycles. The van der Waals surface area contributed by atoms with Crippen molar-refractivity contribution in [2.45, 2.75) is 20.8 Å². The first-order valence-electron chi connectivity index (χ1n) is 6.75. The molecule has 0 unspecified atom stereocenters. The van der Waals surface area contributed by atoms with Crippen LogP contribution in [0.25, 0.3) is 5.78 Å². The zero-order chi connectivity index (χ0) is 17.0. The lowest BCUT2D eigenvalue weighted by atomic mass is 10.4. The second-order valence-electron chi connectivity index (χ2n) is 4.53. The van der Waals surface area contributed by atoms with E-state index in [2.05, 4.69) is 19.8 Å². The Morgan fingerprint density at radius 3 is 2.65 bits per heavy atom. The second kappa shape index (κ2) is 6.81. The van der Waals surface area contributed by atoms with Gasteiger partial charge < -0.3 is 9.47 Å². The van der Waals surface area contributed by atoms with E-state index in [1.165, 1.54) is 4.52 Å². The number of carbonyl (C=O) groups excluding carboxylic acids is 3. The number of amides is 2.